The molecular formula is C22H26N6O3. The lowest BCUT2D eigenvalue weighted by molar-refractivity contribution is -0.121. The minimum atomic E-state index is -0.242. The number of fused-ring (bicyclic) bond motifs is 3. The van der Waals surface area contributed by atoms with Gasteiger partial charge >= 0.3 is 5.69 Å². The first-order valence-corrected chi connectivity index (χ1v) is 10.2. The lowest BCUT2D eigenvalue weighted by Gasteiger charge is -2.06. The fraction of sp³-hybridized carbons (Fsp3) is 0.364. The van der Waals surface area contributed by atoms with E-state index < -0.39 is 0 Å². The van der Waals surface area contributed by atoms with E-state index >= 15 is 0 Å². The number of nitrogens with zero attached hydrogens (tertiary/aromatic N) is 5. The Morgan fingerprint density at radius 3 is 2.58 bits per heavy atom. The lowest BCUT2D eigenvalue weighted by atomic mass is 10.1. The van der Waals surface area contributed by atoms with Crippen molar-refractivity contribution in [3.63, 3.8) is 0 Å². The fourth-order valence-electron chi connectivity index (χ4n) is 3.79. The molecule has 3 aromatic heterocycles. The predicted octanol–water partition coefficient (Wildman–Crippen LogP) is 1.99. The minimum absolute atomic E-state index is 0.0873. The molecule has 0 aliphatic rings. The Morgan fingerprint density at radius 1 is 1.06 bits per heavy atom. The molecule has 1 amide bonds. The summed E-state index contributed by atoms with van der Waals surface area (Å²) in [6.45, 7) is 6.95. The van der Waals surface area contributed by atoms with Gasteiger partial charge in [0, 0.05) is 31.3 Å². The normalized spacial score (nSPS) is 11.4. The topological polar surface area (TPSA) is 95.4 Å². The van der Waals surface area contributed by atoms with Crippen LogP contribution in [0.1, 0.15) is 23.4 Å². The van der Waals surface area contributed by atoms with Crippen LogP contribution in [0.25, 0.3) is 16.6 Å². The van der Waals surface area contributed by atoms with Crippen LogP contribution in [-0.4, -0.2) is 43.5 Å². The second kappa shape index (κ2) is 8.25. The van der Waals surface area contributed by atoms with Gasteiger partial charge in [0.2, 0.25) is 5.91 Å². The Labute approximate surface area is 179 Å². The zero-order valence-corrected chi connectivity index (χ0v) is 18.2. The van der Waals surface area contributed by atoms with Gasteiger partial charge < -0.3 is 10.1 Å². The molecule has 4 rings (SSSR count). The van der Waals surface area contributed by atoms with Crippen LogP contribution in [0.3, 0.4) is 0 Å². The van der Waals surface area contributed by atoms with Crippen LogP contribution < -0.4 is 15.7 Å². The first-order valence-electron chi connectivity index (χ1n) is 10.2. The second-order valence-corrected chi connectivity index (χ2v) is 7.67. The van der Waals surface area contributed by atoms with Gasteiger partial charge in [0.15, 0.2) is 5.65 Å². The molecule has 31 heavy (non-hydrogen) atoms. The fourth-order valence-corrected chi connectivity index (χ4v) is 3.79. The summed E-state index contributed by atoms with van der Waals surface area (Å²) < 4.78 is 10.1. The third kappa shape index (κ3) is 4.03. The molecule has 0 spiro atoms. The van der Waals surface area contributed by atoms with Gasteiger partial charge in [-0.3, -0.25) is 9.48 Å². The van der Waals surface area contributed by atoms with E-state index in [9.17, 15) is 9.59 Å². The molecule has 0 saturated carbocycles. The summed E-state index contributed by atoms with van der Waals surface area (Å²) in [7, 11) is 1.59. The van der Waals surface area contributed by atoms with E-state index in [2.05, 4.69) is 15.5 Å². The van der Waals surface area contributed by atoms with Crippen molar-refractivity contribution >= 4 is 22.5 Å². The Bertz CT molecular complexity index is 1330. The second-order valence-electron chi connectivity index (χ2n) is 7.67. The van der Waals surface area contributed by atoms with Gasteiger partial charge in [-0.25, -0.2) is 13.9 Å². The molecule has 0 radical (unpaired) electrons. The summed E-state index contributed by atoms with van der Waals surface area (Å²) in [5, 5.41) is 12.6. The maximum atomic E-state index is 13.0. The van der Waals surface area contributed by atoms with Crippen LogP contribution in [-0.2, 0) is 17.9 Å². The highest BCUT2D eigenvalue weighted by Crippen LogP contribution is 2.23. The monoisotopic (exact) mass is 422 g/mol. The van der Waals surface area contributed by atoms with Crippen LogP contribution in [0.4, 0.5) is 0 Å². The molecule has 1 aromatic carbocycles. The summed E-state index contributed by atoms with van der Waals surface area (Å²) in [4.78, 5) is 25.2. The van der Waals surface area contributed by atoms with Crippen molar-refractivity contribution in [2.24, 2.45) is 0 Å². The summed E-state index contributed by atoms with van der Waals surface area (Å²) >= 11 is 0. The SMILES string of the molecule is COc1ccc2cc(C)c3nn(CCNC(=O)CCn4nc(C)cc4C)c(=O)n3c2c1. The van der Waals surface area contributed by atoms with Crippen LogP contribution in [0, 0.1) is 20.8 Å². The minimum Gasteiger partial charge on any atom is -0.497 e. The van der Waals surface area contributed by atoms with Crippen LogP contribution in [0.15, 0.2) is 35.1 Å². The van der Waals surface area contributed by atoms with Crippen molar-refractivity contribution in [2.45, 2.75) is 40.3 Å². The van der Waals surface area contributed by atoms with Gasteiger partial charge in [0.25, 0.3) is 0 Å². The molecule has 0 aliphatic heterocycles. The van der Waals surface area contributed by atoms with Gasteiger partial charge in [-0.1, -0.05) is 0 Å². The highest BCUT2D eigenvalue weighted by molar-refractivity contribution is 5.84. The van der Waals surface area contributed by atoms with Gasteiger partial charge in [0.05, 0.1) is 24.9 Å². The number of hydrogen-bond acceptors (Lipinski definition) is 5. The molecule has 0 fully saturated rings. The maximum absolute atomic E-state index is 13.0. The third-order valence-electron chi connectivity index (χ3n) is 5.34. The number of nitrogens with one attached hydrogen (secondary N) is 1. The number of aryl methyl sites for hydroxylation is 4. The first-order chi connectivity index (χ1) is 14.9. The number of carbonyl (C=O) groups excluding carboxylic acids is 1. The average Bonchev–Trinajstić information content (AvgIpc) is 3.25. The zero-order valence-electron chi connectivity index (χ0n) is 18.2. The molecule has 9 nitrogen and oxygen atoms in total. The van der Waals surface area contributed by atoms with Crippen molar-refractivity contribution in [1.82, 2.24) is 29.3 Å². The van der Waals surface area contributed by atoms with Gasteiger partial charge in [-0.15, -0.1) is 5.10 Å². The summed E-state index contributed by atoms with van der Waals surface area (Å²) in [5.74, 6) is 0.586. The van der Waals surface area contributed by atoms with E-state index in [0.29, 0.717) is 30.9 Å². The first kappa shape index (κ1) is 20.6. The van der Waals surface area contributed by atoms with Crippen molar-refractivity contribution in [3.05, 3.63) is 57.8 Å². The Balaban J connectivity index is 1.47. The summed E-state index contributed by atoms with van der Waals surface area (Å²) in [6, 6.07) is 9.60. The number of pyridine rings is 1. The van der Waals surface area contributed by atoms with Crippen LogP contribution in [0.5, 0.6) is 5.75 Å². The highest BCUT2D eigenvalue weighted by atomic mass is 16.5. The zero-order chi connectivity index (χ0) is 22.1. The Kier molecular flexibility index (Phi) is 5.50. The van der Waals surface area contributed by atoms with Crippen LogP contribution in [0.2, 0.25) is 0 Å². The summed E-state index contributed by atoms with van der Waals surface area (Å²) in [5.41, 5.74) is 3.97. The van der Waals surface area contributed by atoms with Gasteiger partial charge in [0.1, 0.15) is 5.75 Å². The number of benzene rings is 1. The molecule has 1 N–H and O–H groups in total. The molecule has 0 aliphatic carbocycles. The third-order valence-corrected chi connectivity index (χ3v) is 5.34. The summed E-state index contributed by atoms with van der Waals surface area (Å²) in [6.07, 6.45) is 0.325. The molecule has 4 aromatic rings. The average molecular weight is 422 g/mol. The van der Waals surface area contributed by atoms with Gasteiger partial charge in [-0.05, 0) is 56.0 Å². The van der Waals surface area contributed by atoms with E-state index in [4.69, 9.17) is 4.74 Å². The molecule has 0 unspecified atom stereocenters. The molecule has 3 heterocycles. The van der Waals surface area contributed by atoms with Gasteiger partial charge in [-0.2, -0.15) is 5.10 Å². The number of hydrogen-bond donors (Lipinski definition) is 1. The van der Waals surface area contributed by atoms with Crippen LogP contribution >= 0.6 is 0 Å². The van der Waals surface area contributed by atoms with Crippen molar-refractivity contribution < 1.29 is 9.53 Å². The predicted molar refractivity (Wildman–Crippen MR) is 118 cm³/mol. The molecule has 9 heteroatoms. The molecule has 0 atom stereocenters. The molecule has 162 valence electrons. The Morgan fingerprint density at radius 2 is 1.87 bits per heavy atom. The van der Waals surface area contributed by atoms with E-state index in [0.717, 1.165) is 27.9 Å². The standard InChI is InChI=1S/C22H26N6O3/c1-14-11-17-5-6-18(31-4)13-19(17)28-21(14)25-27(22(28)30)10-8-23-20(29)7-9-26-16(3)12-15(2)24-26/h5-6,11-13H,7-10H2,1-4H3,(H,23,29). The smallest absolute Gasteiger partial charge is 0.350 e. The Hall–Kier alpha value is -3.62. The van der Waals surface area contributed by atoms with E-state index in [-0.39, 0.29) is 18.1 Å². The highest BCUT2D eigenvalue weighted by Gasteiger charge is 2.14. The number of amides is 1. The molecule has 0 bridgehead atoms. The van der Waals surface area contributed by atoms with E-state index in [1.165, 1.54) is 4.68 Å². The number of carbonyl (C=O) groups is 1. The number of aromatic nitrogens is 5. The quantitative estimate of drug-likeness (QED) is 0.491. The van der Waals surface area contributed by atoms with E-state index in [1.54, 1.807) is 11.5 Å². The van der Waals surface area contributed by atoms with Crippen molar-refractivity contribution in [3.8, 4) is 5.75 Å². The largest absolute Gasteiger partial charge is 0.497 e. The van der Waals surface area contributed by atoms with E-state index in [1.807, 2.05) is 55.8 Å². The molecule has 0 saturated heterocycles. The van der Waals surface area contributed by atoms with Crippen molar-refractivity contribution in [2.75, 3.05) is 13.7 Å². The number of ether oxygens (including phenoxy) is 1. The van der Waals surface area contributed by atoms with Crippen molar-refractivity contribution in [1.29, 1.82) is 0 Å². The molecular weight excluding hydrogens is 396 g/mol. The number of rotatable bonds is 7. The maximum Gasteiger partial charge on any atom is 0.350 e. The lowest BCUT2D eigenvalue weighted by Crippen LogP contribution is -2.31. The number of methoxy groups -OCH3 is 1.